The molecule has 2 atom stereocenters. The Bertz CT molecular complexity index is 715. The van der Waals surface area contributed by atoms with Crippen LogP contribution in [0.5, 0.6) is 0 Å². The number of aliphatic hydroxyl groups is 1. The summed E-state index contributed by atoms with van der Waals surface area (Å²) in [4.78, 5) is 3.14. The molecular formula is C21H24FNOS. The highest BCUT2D eigenvalue weighted by Crippen LogP contribution is 2.35. The molecule has 25 heavy (non-hydrogen) atoms. The number of piperidine rings is 1. The molecule has 0 aromatic heterocycles. The van der Waals surface area contributed by atoms with Gasteiger partial charge in [-0.3, -0.25) is 4.90 Å². The minimum absolute atomic E-state index is 0.109. The second kappa shape index (κ2) is 7.48. The van der Waals surface area contributed by atoms with Crippen LogP contribution < -0.4 is 0 Å². The van der Waals surface area contributed by atoms with E-state index in [0.29, 0.717) is 29.4 Å². The van der Waals surface area contributed by atoms with Gasteiger partial charge in [-0.2, -0.15) is 3.89 Å². The van der Waals surface area contributed by atoms with Crippen molar-refractivity contribution in [2.24, 2.45) is 0 Å². The molecule has 0 amide bonds. The summed E-state index contributed by atoms with van der Waals surface area (Å²) in [6, 6.07) is 16.6. The number of likely N-dealkylation sites (tertiary alicyclic amines) is 1. The molecule has 1 fully saturated rings. The highest BCUT2D eigenvalue weighted by atomic mass is 32.2. The van der Waals surface area contributed by atoms with E-state index < -0.39 is 0 Å². The zero-order chi connectivity index (χ0) is 17.2. The van der Waals surface area contributed by atoms with Crippen molar-refractivity contribution in [2.75, 3.05) is 13.1 Å². The summed E-state index contributed by atoms with van der Waals surface area (Å²) in [5.74, 6) is 0.613. The average Bonchev–Trinajstić information content (AvgIpc) is 2.68. The number of rotatable bonds is 3. The van der Waals surface area contributed by atoms with Gasteiger partial charge in [0.25, 0.3) is 0 Å². The molecule has 2 aliphatic rings. The van der Waals surface area contributed by atoms with E-state index in [1.807, 2.05) is 18.2 Å². The fourth-order valence-electron chi connectivity index (χ4n) is 4.47. The second-order valence-electron chi connectivity index (χ2n) is 7.23. The van der Waals surface area contributed by atoms with Crippen LogP contribution in [0.4, 0.5) is 3.89 Å². The Kier molecular flexibility index (Phi) is 5.11. The largest absolute Gasteiger partial charge is 0.391 e. The lowest BCUT2D eigenvalue weighted by Crippen LogP contribution is -2.51. The molecule has 1 N–H and O–H groups in total. The smallest absolute Gasteiger partial charge is 0.0815 e. The van der Waals surface area contributed by atoms with Gasteiger partial charge in [-0.1, -0.05) is 42.5 Å². The van der Waals surface area contributed by atoms with Crippen LogP contribution in [-0.2, 0) is 12.8 Å². The first-order chi connectivity index (χ1) is 12.3. The van der Waals surface area contributed by atoms with Gasteiger partial charge in [0.05, 0.1) is 18.3 Å². The Morgan fingerprint density at radius 3 is 2.44 bits per heavy atom. The Morgan fingerprint density at radius 1 is 0.960 bits per heavy atom. The molecule has 1 aliphatic carbocycles. The highest BCUT2D eigenvalue weighted by Gasteiger charge is 2.34. The zero-order valence-electron chi connectivity index (χ0n) is 14.3. The van der Waals surface area contributed by atoms with E-state index in [-0.39, 0.29) is 12.1 Å². The summed E-state index contributed by atoms with van der Waals surface area (Å²) >= 11 is 0.331. The third kappa shape index (κ3) is 3.48. The van der Waals surface area contributed by atoms with Gasteiger partial charge in [0.1, 0.15) is 0 Å². The molecule has 1 aliphatic heterocycles. The van der Waals surface area contributed by atoms with Crippen LogP contribution in [0.3, 0.4) is 0 Å². The number of hydrogen-bond donors (Lipinski definition) is 1. The summed E-state index contributed by atoms with van der Waals surface area (Å²) in [5.41, 5.74) is 3.62. The van der Waals surface area contributed by atoms with E-state index in [9.17, 15) is 8.99 Å². The Hall–Kier alpha value is -1.36. The van der Waals surface area contributed by atoms with Gasteiger partial charge < -0.3 is 5.11 Å². The molecule has 4 heteroatoms. The molecule has 4 rings (SSSR count). The van der Waals surface area contributed by atoms with Crippen LogP contribution in [-0.4, -0.2) is 35.2 Å². The molecule has 1 unspecified atom stereocenters. The van der Waals surface area contributed by atoms with Crippen molar-refractivity contribution >= 4 is 12.1 Å². The molecule has 132 valence electrons. The Morgan fingerprint density at radius 2 is 1.72 bits per heavy atom. The number of fused-ring (bicyclic) bond motifs is 1. The molecule has 0 radical (unpaired) electrons. The average molecular weight is 357 g/mol. The summed E-state index contributed by atoms with van der Waals surface area (Å²) in [6.45, 7) is 2.00. The van der Waals surface area contributed by atoms with Gasteiger partial charge in [0.2, 0.25) is 0 Å². The summed E-state index contributed by atoms with van der Waals surface area (Å²) in [7, 11) is 0. The molecule has 2 aromatic carbocycles. The summed E-state index contributed by atoms with van der Waals surface area (Å²) in [6.07, 6.45) is 3.27. The fourth-order valence-corrected chi connectivity index (χ4v) is 4.91. The van der Waals surface area contributed by atoms with Gasteiger partial charge in [0, 0.05) is 17.4 Å². The van der Waals surface area contributed by atoms with E-state index in [1.54, 1.807) is 0 Å². The molecule has 1 heterocycles. The van der Waals surface area contributed by atoms with E-state index in [4.69, 9.17) is 0 Å². The zero-order valence-corrected chi connectivity index (χ0v) is 15.1. The van der Waals surface area contributed by atoms with Crippen LogP contribution in [0.15, 0.2) is 53.4 Å². The molecular weight excluding hydrogens is 333 g/mol. The molecule has 1 saturated heterocycles. The number of benzene rings is 2. The van der Waals surface area contributed by atoms with E-state index >= 15 is 0 Å². The number of halogens is 1. The second-order valence-corrected chi connectivity index (χ2v) is 7.83. The molecule has 0 saturated carbocycles. The van der Waals surface area contributed by atoms with Crippen molar-refractivity contribution in [3.63, 3.8) is 0 Å². The minimum atomic E-state index is -0.361. The maximum Gasteiger partial charge on any atom is 0.0815 e. The van der Waals surface area contributed by atoms with E-state index in [1.165, 1.54) is 5.56 Å². The maximum absolute atomic E-state index is 13.3. The van der Waals surface area contributed by atoms with Gasteiger partial charge in [-0.05, 0) is 61.0 Å². The topological polar surface area (TPSA) is 23.5 Å². The first-order valence-corrected chi connectivity index (χ1v) is 9.84. The molecule has 2 nitrogen and oxygen atoms in total. The van der Waals surface area contributed by atoms with Crippen LogP contribution in [0.2, 0.25) is 0 Å². The lowest BCUT2D eigenvalue weighted by Gasteiger charge is -2.42. The minimum Gasteiger partial charge on any atom is -0.391 e. The van der Waals surface area contributed by atoms with Crippen molar-refractivity contribution in [3.05, 3.63) is 65.2 Å². The number of hydrogen-bond acceptors (Lipinski definition) is 3. The van der Waals surface area contributed by atoms with Crippen molar-refractivity contribution in [2.45, 2.75) is 48.6 Å². The van der Waals surface area contributed by atoms with Crippen molar-refractivity contribution in [3.8, 4) is 0 Å². The van der Waals surface area contributed by atoms with Crippen molar-refractivity contribution < 1.29 is 8.99 Å². The SMILES string of the molecule is O[C@H]1Cc2cccc(SF)c2CC1N1CCC(c2ccccc2)CC1. The van der Waals surface area contributed by atoms with Crippen molar-refractivity contribution in [1.29, 1.82) is 0 Å². The van der Waals surface area contributed by atoms with Gasteiger partial charge >= 0.3 is 0 Å². The fraction of sp³-hybridized carbons (Fsp3) is 0.429. The van der Waals surface area contributed by atoms with Crippen molar-refractivity contribution in [1.82, 2.24) is 4.90 Å². The highest BCUT2D eigenvalue weighted by molar-refractivity contribution is 7.94. The predicted molar refractivity (Wildman–Crippen MR) is 101 cm³/mol. The van der Waals surface area contributed by atoms with Gasteiger partial charge in [0.15, 0.2) is 0 Å². The third-order valence-corrected chi connectivity index (χ3v) is 6.42. The number of nitrogens with zero attached hydrogens (tertiary/aromatic N) is 1. The van der Waals surface area contributed by atoms with Crippen LogP contribution in [0, 0.1) is 0 Å². The predicted octanol–water partition coefficient (Wildman–Crippen LogP) is 4.37. The molecule has 2 aromatic rings. The van der Waals surface area contributed by atoms with Crippen LogP contribution in [0.25, 0.3) is 0 Å². The third-order valence-electron chi connectivity index (χ3n) is 5.87. The summed E-state index contributed by atoms with van der Waals surface area (Å²) in [5, 5.41) is 10.7. The quantitative estimate of drug-likeness (QED) is 0.882. The first kappa shape index (κ1) is 17.1. The lowest BCUT2D eigenvalue weighted by molar-refractivity contribution is 0.0289. The van der Waals surface area contributed by atoms with Gasteiger partial charge in [-0.15, -0.1) is 0 Å². The summed E-state index contributed by atoms with van der Waals surface area (Å²) < 4.78 is 13.3. The van der Waals surface area contributed by atoms with Crippen LogP contribution in [0.1, 0.15) is 35.4 Å². The normalized spacial score (nSPS) is 24.9. The maximum atomic E-state index is 13.3. The molecule has 0 spiro atoms. The first-order valence-electron chi connectivity index (χ1n) is 9.12. The lowest BCUT2D eigenvalue weighted by atomic mass is 9.83. The Balaban J connectivity index is 1.46. The Labute approximate surface area is 153 Å². The standard InChI is InChI=1S/C21H24FNOS/c22-25-21-8-4-7-17-13-20(24)19(14-18(17)21)23-11-9-16(10-12-23)15-5-2-1-3-6-15/h1-8,16,19-20,24H,9-14H2/t19?,20-/m0/s1. The number of aliphatic hydroxyl groups excluding tert-OH is 1. The molecule has 0 bridgehead atoms. The van der Waals surface area contributed by atoms with Gasteiger partial charge in [-0.25, -0.2) is 0 Å². The van der Waals surface area contributed by atoms with E-state index in [0.717, 1.165) is 43.5 Å². The monoisotopic (exact) mass is 357 g/mol. The van der Waals surface area contributed by atoms with Crippen LogP contribution >= 0.6 is 12.1 Å². The van der Waals surface area contributed by atoms with E-state index in [2.05, 4.69) is 35.2 Å².